The van der Waals surface area contributed by atoms with Crippen molar-refractivity contribution in [2.75, 3.05) is 33.9 Å². The minimum absolute atomic E-state index is 0.110. The van der Waals surface area contributed by atoms with Gasteiger partial charge in [-0.25, -0.2) is 0 Å². The Morgan fingerprint density at radius 2 is 2.00 bits per heavy atom. The fraction of sp³-hybridized carbons (Fsp3) is 1.00. The van der Waals surface area contributed by atoms with Gasteiger partial charge in [0.05, 0.1) is 12.0 Å². The second-order valence-corrected chi connectivity index (χ2v) is 4.40. The van der Waals surface area contributed by atoms with Gasteiger partial charge in [-0.3, -0.25) is 0 Å². The zero-order valence-electron chi connectivity index (χ0n) is 9.22. The van der Waals surface area contributed by atoms with Crippen LogP contribution in [0.3, 0.4) is 0 Å². The van der Waals surface area contributed by atoms with Crippen LogP contribution < -0.4 is 0 Å². The van der Waals surface area contributed by atoms with Gasteiger partial charge < -0.3 is 9.64 Å². The van der Waals surface area contributed by atoms with E-state index in [0.717, 1.165) is 19.0 Å². The molecule has 0 rings (SSSR count). The highest BCUT2D eigenvalue weighted by atomic mass is 35.5. The molecule has 0 aliphatic rings. The third-order valence-corrected chi connectivity index (χ3v) is 2.44. The van der Waals surface area contributed by atoms with Crippen LogP contribution in [0.5, 0.6) is 0 Å². The van der Waals surface area contributed by atoms with Gasteiger partial charge in [0.1, 0.15) is 0 Å². The topological polar surface area (TPSA) is 12.5 Å². The van der Waals surface area contributed by atoms with E-state index in [1.54, 1.807) is 7.11 Å². The van der Waals surface area contributed by atoms with Crippen LogP contribution in [0.2, 0.25) is 0 Å². The molecule has 2 atom stereocenters. The standard InChI is InChI=1S/C10H22ClNO/c1-5-9(2)6-12(3)7-10(11)8-13-4/h9-10H,5-8H2,1-4H3. The lowest BCUT2D eigenvalue weighted by atomic mass is 10.1. The molecule has 80 valence electrons. The van der Waals surface area contributed by atoms with Crippen molar-refractivity contribution in [3.05, 3.63) is 0 Å². The van der Waals surface area contributed by atoms with Gasteiger partial charge in [-0.1, -0.05) is 20.3 Å². The van der Waals surface area contributed by atoms with Crippen LogP contribution in [0.25, 0.3) is 0 Å². The highest BCUT2D eigenvalue weighted by molar-refractivity contribution is 6.20. The molecule has 0 saturated heterocycles. The van der Waals surface area contributed by atoms with Gasteiger partial charge in [0.2, 0.25) is 0 Å². The average Bonchev–Trinajstić information content (AvgIpc) is 2.04. The van der Waals surface area contributed by atoms with Gasteiger partial charge in [0.15, 0.2) is 0 Å². The third-order valence-electron chi connectivity index (χ3n) is 2.18. The number of hydrogen-bond acceptors (Lipinski definition) is 2. The first-order valence-electron chi connectivity index (χ1n) is 4.91. The quantitative estimate of drug-likeness (QED) is 0.594. The summed E-state index contributed by atoms with van der Waals surface area (Å²) in [5.41, 5.74) is 0. The molecule has 0 fully saturated rings. The van der Waals surface area contributed by atoms with Crippen molar-refractivity contribution in [1.29, 1.82) is 0 Å². The van der Waals surface area contributed by atoms with Crippen LogP contribution in [-0.2, 0) is 4.74 Å². The molecular weight excluding hydrogens is 186 g/mol. The molecule has 0 aromatic carbocycles. The molecule has 2 unspecified atom stereocenters. The number of alkyl halides is 1. The molecule has 0 spiro atoms. The lowest BCUT2D eigenvalue weighted by Crippen LogP contribution is -2.31. The van der Waals surface area contributed by atoms with E-state index in [9.17, 15) is 0 Å². The monoisotopic (exact) mass is 207 g/mol. The number of methoxy groups -OCH3 is 1. The summed E-state index contributed by atoms with van der Waals surface area (Å²) < 4.78 is 4.98. The predicted molar refractivity (Wildman–Crippen MR) is 58.5 cm³/mol. The van der Waals surface area contributed by atoms with E-state index in [-0.39, 0.29) is 5.38 Å². The Hall–Kier alpha value is 0.210. The van der Waals surface area contributed by atoms with Crippen LogP contribution in [0.15, 0.2) is 0 Å². The molecule has 13 heavy (non-hydrogen) atoms. The summed E-state index contributed by atoms with van der Waals surface area (Å²) in [7, 11) is 3.79. The lowest BCUT2D eigenvalue weighted by Gasteiger charge is -2.22. The number of rotatable bonds is 7. The van der Waals surface area contributed by atoms with Gasteiger partial charge in [-0.05, 0) is 13.0 Å². The summed E-state index contributed by atoms with van der Waals surface area (Å²) in [4.78, 5) is 2.27. The van der Waals surface area contributed by atoms with E-state index in [1.807, 2.05) is 0 Å². The molecule has 3 heteroatoms. The summed E-state index contributed by atoms with van der Waals surface area (Å²) >= 11 is 6.04. The van der Waals surface area contributed by atoms with Crippen molar-refractivity contribution < 1.29 is 4.74 Å². The predicted octanol–water partition coefficient (Wildman–Crippen LogP) is 2.22. The molecule has 0 amide bonds. The molecule has 0 aliphatic heterocycles. The first-order chi connectivity index (χ1) is 6.10. The van der Waals surface area contributed by atoms with E-state index in [2.05, 4.69) is 25.8 Å². The Bertz CT molecular complexity index is 121. The Kier molecular flexibility index (Phi) is 7.72. The number of ether oxygens (including phenoxy) is 1. The zero-order chi connectivity index (χ0) is 10.3. The molecule has 0 heterocycles. The van der Waals surface area contributed by atoms with E-state index >= 15 is 0 Å². The fourth-order valence-electron chi connectivity index (χ4n) is 1.31. The number of hydrogen-bond donors (Lipinski definition) is 0. The summed E-state index contributed by atoms with van der Waals surface area (Å²) in [5, 5.41) is 0.110. The molecule has 0 radical (unpaired) electrons. The molecule has 0 bridgehead atoms. The van der Waals surface area contributed by atoms with E-state index in [1.165, 1.54) is 6.42 Å². The zero-order valence-corrected chi connectivity index (χ0v) is 9.97. The van der Waals surface area contributed by atoms with Crippen molar-refractivity contribution in [2.45, 2.75) is 25.6 Å². The SMILES string of the molecule is CCC(C)CN(C)CC(Cl)COC. The van der Waals surface area contributed by atoms with Crippen LogP contribution >= 0.6 is 11.6 Å². The van der Waals surface area contributed by atoms with Gasteiger partial charge in [0.25, 0.3) is 0 Å². The van der Waals surface area contributed by atoms with Gasteiger partial charge >= 0.3 is 0 Å². The van der Waals surface area contributed by atoms with Crippen molar-refractivity contribution in [3.8, 4) is 0 Å². The maximum atomic E-state index is 6.04. The fourth-order valence-corrected chi connectivity index (χ4v) is 1.67. The normalized spacial score (nSPS) is 16.2. The van der Waals surface area contributed by atoms with E-state index < -0.39 is 0 Å². The largest absolute Gasteiger partial charge is 0.383 e. The van der Waals surface area contributed by atoms with Crippen LogP contribution in [-0.4, -0.2) is 44.1 Å². The molecule has 2 nitrogen and oxygen atoms in total. The first-order valence-corrected chi connectivity index (χ1v) is 5.35. The summed E-state index contributed by atoms with van der Waals surface area (Å²) in [5.74, 6) is 0.747. The Balaban J connectivity index is 3.54. The molecule has 0 aromatic heterocycles. The summed E-state index contributed by atoms with van der Waals surface area (Å²) in [6.45, 7) is 7.12. The van der Waals surface area contributed by atoms with E-state index in [4.69, 9.17) is 16.3 Å². The van der Waals surface area contributed by atoms with Crippen molar-refractivity contribution >= 4 is 11.6 Å². The Morgan fingerprint density at radius 1 is 1.38 bits per heavy atom. The molecule has 0 saturated carbocycles. The van der Waals surface area contributed by atoms with Crippen LogP contribution in [0, 0.1) is 5.92 Å². The van der Waals surface area contributed by atoms with Gasteiger partial charge in [0, 0.05) is 20.2 Å². The smallest absolute Gasteiger partial charge is 0.0696 e. The van der Waals surface area contributed by atoms with Gasteiger partial charge in [-0.2, -0.15) is 0 Å². The molecule has 0 aromatic rings. The number of nitrogens with zero attached hydrogens (tertiary/aromatic N) is 1. The molecular formula is C10H22ClNO. The van der Waals surface area contributed by atoms with Crippen molar-refractivity contribution in [1.82, 2.24) is 4.90 Å². The number of halogens is 1. The van der Waals surface area contributed by atoms with Crippen LogP contribution in [0.4, 0.5) is 0 Å². The first kappa shape index (κ1) is 13.2. The molecule has 0 N–H and O–H groups in total. The van der Waals surface area contributed by atoms with Gasteiger partial charge in [-0.15, -0.1) is 11.6 Å². The third kappa shape index (κ3) is 7.29. The summed E-state index contributed by atoms with van der Waals surface area (Å²) in [6.07, 6.45) is 1.22. The second-order valence-electron chi connectivity index (χ2n) is 3.79. The molecule has 0 aliphatic carbocycles. The van der Waals surface area contributed by atoms with Crippen molar-refractivity contribution in [3.63, 3.8) is 0 Å². The highest BCUT2D eigenvalue weighted by Gasteiger charge is 2.09. The average molecular weight is 208 g/mol. The minimum atomic E-state index is 0.110. The minimum Gasteiger partial charge on any atom is -0.383 e. The summed E-state index contributed by atoms with van der Waals surface area (Å²) in [6, 6.07) is 0. The van der Waals surface area contributed by atoms with Crippen molar-refractivity contribution in [2.24, 2.45) is 5.92 Å². The van der Waals surface area contributed by atoms with Crippen LogP contribution in [0.1, 0.15) is 20.3 Å². The maximum absolute atomic E-state index is 6.04. The maximum Gasteiger partial charge on any atom is 0.0696 e. The highest BCUT2D eigenvalue weighted by Crippen LogP contribution is 2.05. The lowest BCUT2D eigenvalue weighted by molar-refractivity contribution is 0.178. The Labute approximate surface area is 87.2 Å². The second kappa shape index (κ2) is 7.60. The van der Waals surface area contributed by atoms with E-state index in [0.29, 0.717) is 6.61 Å². The Morgan fingerprint density at radius 3 is 2.46 bits per heavy atom.